The highest BCUT2D eigenvalue weighted by atomic mass is 16.5. The number of hydrogen-bond donors (Lipinski definition) is 1. The first-order chi connectivity index (χ1) is 16.5. The van der Waals surface area contributed by atoms with E-state index in [9.17, 15) is 10.1 Å². The molecule has 0 saturated carbocycles. The van der Waals surface area contributed by atoms with Gasteiger partial charge in [0.25, 0.3) is 0 Å². The fourth-order valence-electron chi connectivity index (χ4n) is 4.27. The average molecular weight is 455 g/mol. The molecule has 6 heteroatoms. The number of para-hydroxylation sites is 1. The standard InChI is InChI=1S/C28H30N4O2/c1-31(2)20-23-9-3-5-12-26(23)21-10-7-11-25(18-21)34-24-14-16-32(17-15-24)28(33)30-27-13-6-4-8-22(27)19-29/h3-13,18,24H,14-17,20H2,1-2H3,(H,30,33). The molecule has 0 spiro atoms. The van der Waals surface area contributed by atoms with Gasteiger partial charge in [-0.2, -0.15) is 5.26 Å². The summed E-state index contributed by atoms with van der Waals surface area (Å²) >= 11 is 0. The molecule has 2 amide bonds. The van der Waals surface area contributed by atoms with E-state index in [0.717, 1.165) is 30.7 Å². The third kappa shape index (κ3) is 5.75. The number of rotatable bonds is 6. The van der Waals surface area contributed by atoms with Gasteiger partial charge in [0.15, 0.2) is 0 Å². The normalized spacial score (nSPS) is 14.0. The zero-order chi connectivity index (χ0) is 23.9. The van der Waals surface area contributed by atoms with Crippen LogP contribution in [0.25, 0.3) is 11.1 Å². The van der Waals surface area contributed by atoms with Gasteiger partial charge in [-0.25, -0.2) is 4.79 Å². The molecule has 1 fully saturated rings. The lowest BCUT2D eigenvalue weighted by atomic mass is 9.99. The Balaban J connectivity index is 1.36. The predicted octanol–water partition coefficient (Wildman–Crippen LogP) is 5.36. The highest BCUT2D eigenvalue weighted by molar-refractivity contribution is 5.90. The van der Waals surface area contributed by atoms with Gasteiger partial charge in [-0.3, -0.25) is 0 Å². The number of likely N-dealkylation sites (tertiary alicyclic amines) is 1. The second-order valence-corrected chi connectivity index (χ2v) is 8.81. The van der Waals surface area contributed by atoms with Crippen molar-refractivity contribution in [3.8, 4) is 22.9 Å². The van der Waals surface area contributed by atoms with Crippen LogP contribution in [0, 0.1) is 11.3 Å². The number of urea groups is 1. The van der Waals surface area contributed by atoms with E-state index in [4.69, 9.17) is 4.74 Å². The van der Waals surface area contributed by atoms with Crippen molar-refractivity contribution in [2.24, 2.45) is 0 Å². The second kappa shape index (κ2) is 10.9. The molecule has 174 valence electrons. The van der Waals surface area contributed by atoms with E-state index in [1.165, 1.54) is 11.1 Å². The van der Waals surface area contributed by atoms with Gasteiger partial charge in [-0.1, -0.05) is 48.5 Å². The molecule has 1 aliphatic heterocycles. The Hall–Kier alpha value is -3.82. The summed E-state index contributed by atoms with van der Waals surface area (Å²) in [5, 5.41) is 12.1. The zero-order valence-electron chi connectivity index (χ0n) is 19.7. The Morgan fingerprint density at radius 2 is 1.79 bits per heavy atom. The van der Waals surface area contributed by atoms with Crippen molar-refractivity contribution < 1.29 is 9.53 Å². The van der Waals surface area contributed by atoms with Crippen LogP contribution in [-0.2, 0) is 6.54 Å². The number of nitrogens with zero attached hydrogens (tertiary/aromatic N) is 3. The van der Waals surface area contributed by atoms with Crippen LogP contribution in [0.4, 0.5) is 10.5 Å². The number of benzene rings is 3. The molecule has 3 aromatic carbocycles. The van der Waals surface area contributed by atoms with Crippen molar-refractivity contribution in [3.63, 3.8) is 0 Å². The van der Waals surface area contributed by atoms with Crippen LogP contribution in [0.5, 0.6) is 5.75 Å². The monoisotopic (exact) mass is 454 g/mol. The molecule has 1 heterocycles. The molecule has 1 aliphatic rings. The number of ether oxygens (including phenoxy) is 1. The highest BCUT2D eigenvalue weighted by Crippen LogP contribution is 2.29. The van der Waals surface area contributed by atoms with E-state index in [0.29, 0.717) is 24.3 Å². The molecular formula is C28H30N4O2. The van der Waals surface area contributed by atoms with Crippen molar-refractivity contribution in [3.05, 3.63) is 83.9 Å². The van der Waals surface area contributed by atoms with Crippen molar-refractivity contribution in [1.82, 2.24) is 9.80 Å². The van der Waals surface area contributed by atoms with Crippen molar-refractivity contribution in [2.75, 3.05) is 32.5 Å². The molecule has 3 aromatic rings. The summed E-state index contributed by atoms with van der Waals surface area (Å²) in [5.74, 6) is 0.850. The van der Waals surface area contributed by atoms with E-state index in [1.807, 2.05) is 18.2 Å². The molecular weight excluding hydrogens is 424 g/mol. The summed E-state index contributed by atoms with van der Waals surface area (Å²) in [4.78, 5) is 16.6. The number of hydrogen-bond acceptors (Lipinski definition) is 4. The molecule has 6 nitrogen and oxygen atoms in total. The number of carbonyl (C=O) groups excluding carboxylic acids is 1. The number of piperidine rings is 1. The van der Waals surface area contributed by atoms with Crippen LogP contribution in [0.2, 0.25) is 0 Å². The molecule has 0 bridgehead atoms. The molecule has 0 aliphatic carbocycles. The average Bonchev–Trinajstić information content (AvgIpc) is 2.85. The van der Waals surface area contributed by atoms with Gasteiger partial charge in [-0.05, 0) is 55.1 Å². The predicted molar refractivity (Wildman–Crippen MR) is 135 cm³/mol. The first-order valence-corrected chi connectivity index (χ1v) is 11.6. The maximum Gasteiger partial charge on any atom is 0.321 e. The minimum Gasteiger partial charge on any atom is -0.490 e. The van der Waals surface area contributed by atoms with E-state index in [-0.39, 0.29) is 12.1 Å². The first kappa shape index (κ1) is 23.3. The third-order valence-corrected chi connectivity index (χ3v) is 5.97. The molecule has 1 saturated heterocycles. The lowest BCUT2D eigenvalue weighted by molar-refractivity contribution is 0.115. The molecule has 0 unspecified atom stereocenters. The maximum atomic E-state index is 12.7. The van der Waals surface area contributed by atoms with Crippen LogP contribution in [0.3, 0.4) is 0 Å². The molecule has 34 heavy (non-hydrogen) atoms. The summed E-state index contributed by atoms with van der Waals surface area (Å²) in [7, 11) is 4.15. The summed E-state index contributed by atoms with van der Waals surface area (Å²) in [6.07, 6.45) is 1.58. The van der Waals surface area contributed by atoms with Crippen molar-refractivity contribution in [2.45, 2.75) is 25.5 Å². The number of nitriles is 1. The SMILES string of the molecule is CN(C)Cc1ccccc1-c1cccc(OC2CCN(C(=O)Nc3ccccc3C#N)CC2)c1. The van der Waals surface area contributed by atoms with Gasteiger partial charge >= 0.3 is 6.03 Å². The minimum absolute atomic E-state index is 0.0581. The molecule has 0 atom stereocenters. The third-order valence-electron chi connectivity index (χ3n) is 5.97. The van der Waals surface area contributed by atoms with E-state index < -0.39 is 0 Å². The topological polar surface area (TPSA) is 68.6 Å². The summed E-state index contributed by atoms with van der Waals surface area (Å²) in [6, 6.07) is 25.7. The zero-order valence-corrected chi connectivity index (χ0v) is 19.7. The van der Waals surface area contributed by atoms with Gasteiger partial charge in [0.1, 0.15) is 17.9 Å². The summed E-state index contributed by atoms with van der Waals surface area (Å²) < 4.78 is 6.31. The summed E-state index contributed by atoms with van der Waals surface area (Å²) in [5.41, 5.74) is 4.64. The quantitative estimate of drug-likeness (QED) is 0.544. The first-order valence-electron chi connectivity index (χ1n) is 11.6. The fourth-order valence-corrected chi connectivity index (χ4v) is 4.27. The van der Waals surface area contributed by atoms with Gasteiger partial charge in [0.2, 0.25) is 0 Å². The number of nitrogens with one attached hydrogen (secondary N) is 1. The number of carbonyl (C=O) groups is 1. The van der Waals surface area contributed by atoms with Gasteiger partial charge in [0, 0.05) is 32.5 Å². The van der Waals surface area contributed by atoms with Gasteiger partial charge in [-0.15, -0.1) is 0 Å². The minimum atomic E-state index is -0.180. The van der Waals surface area contributed by atoms with E-state index in [2.05, 4.69) is 66.8 Å². The Bertz CT molecular complexity index is 1180. The van der Waals surface area contributed by atoms with Crippen LogP contribution in [0.1, 0.15) is 24.0 Å². The van der Waals surface area contributed by atoms with Crippen LogP contribution >= 0.6 is 0 Å². The maximum absolute atomic E-state index is 12.7. The van der Waals surface area contributed by atoms with E-state index in [1.54, 1.807) is 23.1 Å². The van der Waals surface area contributed by atoms with Gasteiger partial charge in [0.05, 0.1) is 11.3 Å². The highest BCUT2D eigenvalue weighted by Gasteiger charge is 2.24. The number of amides is 2. The summed E-state index contributed by atoms with van der Waals surface area (Å²) in [6.45, 7) is 2.09. The molecule has 0 aromatic heterocycles. The lowest BCUT2D eigenvalue weighted by Gasteiger charge is -2.32. The Kier molecular flexibility index (Phi) is 7.46. The Morgan fingerprint density at radius 1 is 1.06 bits per heavy atom. The van der Waals surface area contributed by atoms with Crippen LogP contribution in [-0.4, -0.2) is 49.1 Å². The molecule has 0 radical (unpaired) electrons. The Labute approximate surface area is 201 Å². The fraction of sp³-hybridized carbons (Fsp3) is 0.286. The number of anilines is 1. The van der Waals surface area contributed by atoms with Crippen molar-refractivity contribution >= 4 is 11.7 Å². The Morgan fingerprint density at radius 3 is 2.56 bits per heavy atom. The van der Waals surface area contributed by atoms with Crippen LogP contribution in [0.15, 0.2) is 72.8 Å². The lowest BCUT2D eigenvalue weighted by Crippen LogP contribution is -2.43. The van der Waals surface area contributed by atoms with E-state index >= 15 is 0 Å². The van der Waals surface area contributed by atoms with Crippen LogP contribution < -0.4 is 10.1 Å². The molecule has 4 rings (SSSR count). The van der Waals surface area contributed by atoms with Crippen molar-refractivity contribution in [1.29, 1.82) is 5.26 Å². The largest absolute Gasteiger partial charge is 0.490 e. The second-order valence-electron chi connectivity index (χ2n) is 8.81. The van der Waals surface area contributed by atoms with Gasteiger partial charge < -0.3 is 19.9 Å². The molecule has 1 N–H and O–H groups in total. The smallest absolute Gasteiger partial charge is 0.321 e.